The predicted octanol–water partition coefficient (Wildman–Crippen LogP) is 1.57. The highest BCUT2D eigenvalue weighted by Gasteiger charge is 2.16. The number of amides is 1. The van der Waals surface area contributed by atoms with Gasteiger partial charge in [-0.3, -0.25) is 4.79 Å². The zero-order chi connectivity index (χ0) is 15.1. The molecule has 1 aromatic rings. The van der Waals surface area contributed by atoms with Crippen LogP contribution < -0.4 is 10.1 Å². The third-order valence-corrected chi connectivity index (χ3v) is 2.69. The van der Waals surface area contributed by atoms with Gasteiger partial charge in [0.1, 0.15) is 11.3 Å². The molecule has 1 atom stereocenters. The first kappa shape index (κ1) is 16.3. The second kappa shape index (κ2) is 7.72. The van der Waals surface area contributed by atoms with E-state index in [1.54, 1.807) is 13.0 Å². The Morgan fingerprint density at radius 3 is 2.75 bits per heavy atom. The van der Waals surface area contributed by atoms with Gasteiger partial charge in [-0.2, -0.15) is 0 Å². The maximum atomic E-state index is 11.6. The van der Waals surface area contributed by atoms with Crippen molar-refractivity contribution < 1.29 is 24.2 Å². The molecule has 0 saturated carbocycles. The summed E-state index contributed by atoms with van der Waals surface area (Å²) >= 11 is 5.79. The lowest BCUT2D eigenvalue weighted by molar-refractivity contribution is -0.124. The number of aromatic carboxylic acids is 1. The van der Waals surface area contributed by atoms with Gasteiger partial charge in [0.15, 0.2) is 6.61 Å². The number of carboxylic acids is 1. The highest BCUT2D eigenvalue weighted by Crippen LogP contribution is 2.26. The lowest BCUT2D eigenvalue weighted by Gasteiger charge is -2.14. The Kier molecular flexibility index (Phi) is 6.27. The van der Waals surface area contributed by atoms with E-state index in [2.05, 4.69) is 5.32 Å². The molecule has 1 rings (SSSR count). The van der Waals surface area contributed by atoms with Gasteiger partial charge in [0.25, 0.3) is 5.91 Å². The molecule has 7 heteroatoms. The first-order valence-electron chi connectivity index (χ1n) is 5.88. The van der Waals surface area contributed by atoms with Crippen LogP contribution in [0.4, 0.5) is 0 Å². The molecule has 0 saturated heterocycles. The molecule has 1 aromatic carbocycles. The summed E-state index contributed by atoms with van der Waals surface area (Å²) in [6.07, 6.45) is 0. The summed E-state index contributed by atoms with van der Waals surface area (Å²) in [6.45, 7) is 1.86. The minimum Gasteiger partial charge on any atom is -0.483 e. The van der Waals surface area contributed by atoms with E-state index in [1.807, 2.05) is 0 Å². The van der Waals surface area contributed by atoms with Crippen LogP contribution in [0.15, 0.2) is 18.2 Å². The number of benzene rings is 1. The normalized spacial score (nSPS) is 11.8. The van der Waals surface area contributed by atoms with E-state index in [4.69, 9.17) is 26.2 Å². The third-order valence-electron chi connectivity index (χ3n) is 2.37. The SMILES string of the molecule is COCC(C)NC(=O)COc1cccc(Cl)c1C(=O)O. The topological polar surface area (TPSA) is 84.9 Å². The van der Waals surface area contributed by atoms with Crippen molar-refractivity contribution in [1.29, 1.82) is 0 Å². The average molecular weight is 302 g/mol. The van der Waals surface area contributed by atoms with Crippen LogP contribution in [0.1, 0.15) is 17.3 Å². The van der Waals surface area contributed by atoms with Crippen molar-refractivity contribution >= 4 is 23.5 Å². The van der Waals surface area contributed by atoms with Crippen molar-refractivity contribution in [3.8, 4) is 5.75 Å². The number of carbonyl (C=O) groups excluding carboxylic acids is 1. The zero-order valence-electron chi connectivity index (χ0n) is 11.2. The van der Waals surface area contributed by atoms with Gasteiger partial charge in [0, 0.05) is 13.2 Å². The molecule has 0 spiro atoms. The first-order chi connectivity index (χ1) is 9.45. The number of methoxy groups -OCH3 is 1. The van der Waals surface area contributed by atoms with Crippen molar-refractivity contribution in [2.24, 2.45) is 0 Å². The molecule has 0 aromatic heterocycles. The molecule has 0 fully saturated rings. The first-order valence-corrected chi connectivity index (χ1v) is 6.26. The van der Waals surface area contributed by atoms with Gasteiger partial charge in [-0.1, -0.05) is 17.7 Å². The number of hydrogen-bond acceptors (Lipinski definition) is 4. The quantitative estimate of drug-likeness (QED) is 0.798. The zero-order valence-corrected chi connectivity index (χ0v) is 11.9. The van der Waals surface area contributed by atoms with Crippen molar-refractivity contribution in [3.63, 3.8) is 0 Å². The van der Waals surface area contributed by atoms with Crippen LogP contribution >= 0.6 is 11.6 Å². The van der Waals surface area contributed by atoms with Crippen LogP contribution in [0.25, 0.3) is 0 Å². The summed E-state index contributed by atoms with van der Waals surface area (Å²) in [5.74, 6) is -1.52. The van der Waals surface area contributed by atoms with Gasteiger partial charge in [0.2, 0.25) is 0 Å². The number of ether oxygens (including phenoxy) is 2. The number of hydrogen-bond donors (Lipinski definition) is 2. The van der Waals surface area contributed by atoms with E-state index in [0.29, 0.717) is 6.61 Å². The molecule has 2 N–H and O–H groups in total. The highest BCUT2D eigenvalue weighted by atomic mass is 35.5. The fourth-order valence-electron chi connectivity index (χ4n) is 1.58. The van der Waals surface area contributed by atoms with E-state index in [9.17, 15) is 9.59 Å². The van der Waals surface area contributed by atoms with Gasteiger partial charge in [0.05, 0.1) is 11.6 Å². The molecule has 1 amide bonds. The van der Waals surface area contributed by atoms with E-state index < -0.39 is 5.97 Å². The molecule has 0 radical (unpaired) electrons. The molecule has 0 aliphatic heterocycles. The van der Waals surface area contributed by atoms with E-state index in [-0.39, 0.29) is 34.9 Å². The van der Waals surface area contributed by atoms with Gasteiger partial charge < -0.3 is 19.9 Å². The summed E-state index contributed by atoms with van der Waals surface area (Å²) in [7, 11) is 1.53. The standard InChI is InChI=1S/C13H16ClNO5/c1-8(6-19-2)15-11(16)7-20-10-5-3-4-9(14)12(10)13(17)18/h3-5,8H,6-7H2,1-2H3,(H,15,16)(H,17,18). The second-order valence-electron chi connectivity index (χ2n) is 4.13. The van der Waals surface area contributed by atoms with Crippen LogP contribution in [-0.2, 0) is 9.53 Å². The maximum absolute atomic E-state index is 11.6. The Labute approximate surface area is 121 Å². The van der Waals surface area contributed by atoms with Crippen LogP contribution in [0.3, 0.4) is 0 Å². The van der Waals surface area contributed by atoms with Gasteiger partial charge in [-0.05, 0) is 19.1 Å². The molecule has 20 heavy (non-hydrogen) atoms. The summed E-state index contributed by atoms with van der Waals surface area (Å²) in [4.78, 5) is 22.7. The Morgan fingerprint density at radius 2 is 2.15 bits per heavy atom. The van der Waals surface area contributed by atoms with Gasteiger partial charge in [-0.25, -0.2) is 4.79 Å². The highest BCUT2D eigenvalue weighted by molar-refractivity contribution is 6.33. The van der Waals surface area contributed by atoms with Crippen molar-refractivity contribution in [1.82, 2.24) is 5.32 Å². The molecular weight excluding hydrogens is 286 g/mol. The fraction of sp³-hybridized carbons (Fsp3) is 0.385. The van der Waals surface area contributed by atoms with Crippen molar-refractivity contribution in [2.45, 2.75) is 13.0 Å². The molecule has 110 valence electrons. The van der Waals surface area contributed by atoms with Crippen LogP contribution in [-0.4, -0.2) is 43.3 Å². The number of rotatable bonds is 7. The Balaban J connectivity index is 2.64. The fourth-order valence-corrected chi connectivity index (χ4v) is 1.83. The van der Waals surface area contributed by atoms with Crippen LogP contribution in [0.2, 0.25) is 5.02 Å². The van der Waals surface area contributed by atoms with E-state index >= 15 is 0 Å². The Bertz CT molecular complexity index is 492. The number of nitrogens with one attached hydrogen (secondary N) is 1. The molecule has 0 heterocycles. The molecule has 1 unspecified atom stereocenters. The number of carboxylic acid groups (broad SMARTS) is 1. The number of carbonyl (C=O) groups is 2. The molecule has 6 nitrogen and oxygen atoms in total. The van der Waals surface area contributed by atoms with Gasteiger partial charge >= 0.3 is 5.97 Å². The van der Waals surface area contributed by atoms with Crippen molar-refractivity contribution in [3.05, 3.63) is 28.8 Å². The lowest BCUT2D eigenvalue weighted by Crippen LogP contribution is -2.38. The lowest BCUT2D eigenvalue weighted by atomic mass is 10.2. The van der Waals surface area contributed by atoms with E-state index in [0.717, 1.165) is 0 Å². The van der Waals surface area contributed by atoms with Crippen LogP contribution in [0.5, 0.6) is 5.75 Å². The van der Waals surface area contributed by atoms with Crippen LogP contribution in [0, 0.1) is 0 Å². The minimum absolute atomic E-state index is 0.0551. The molecular formula is C13H16ClNO5. The third kappa shape index (κ3) is 4.71. The number of halogens is 1. The summed E-state index contributed by atoms with van der Waals surface area (Å²) in [6, 6.07) is 4.28. The van der Waals surface area contributed by atoms with E-state index in [1.165, 1.54) is 19.2 Å². The minimum atomic E-state index is -1.21. The molecule has 0 bridgehead atoms. The summed E-state index contributed by atoms with van der Waals surface area (Å²) < 4.78 is 10.1. The smallest absolute Gasteiger partial charge is 0.341 e. The summed E-state index contributed by atoms with van der Waals surface area (Å²) in [5, 5.41) is 11.7. The Morgan fingerprint density at radius 1 is 1.45 bits per heavy atom. The van der Waals surface area contributed by atoms with Crippen molar-refractivity contribution in [2.75, 3.05) is 20.3 Å². The average Bonchev–Trinajstić information content (AvgIpc) is 2.36. The monoisotopic (exact) mass is 301 g/mol. The second-order valence-corrected chi connectivity index (χ2v) is 4.54. The molecule has 0 aliphatic carbocycles. The van der Waals surface area contributed by atoms with Gasteiger partial charge in [-0.15, -0.1) is 0 Å². The predicted molar refractivity (Wildman–Crippen MR) is 73.4 cm³/mol. The molecule has 0 aliphatic rings. The largest absolute Gasteiger partial charge is 0.483 e. The Hall–Kier alpha value is -1.79. The summed E-state index contributed by atoms with van der Waals surface area (Å²) in [5.41, 5.74) is -0.160. The maximum Gasteiger partial charge on any atom is 0.341 e.